The Balaban J connectivity index is 1.69. The smallest absolute Gasteiger partial charge is 0.243 e. The summed E-state index contributed by atoms with van der Waals surface area (Å²) in [5.74, 6) is 1.28. The fourth-order valence-electron chi connectivity index (χ4n) is 3.06. The first-order valence-electron chi connectivity index (χ1n) is 10.00. The number of hydrogen-bond acceptors (Lipinski definition) is 8. The van der Waals surface area contributed by atoms with Gasteiger partial charge in [0.2, 0.25) is 15.2 Å². The monoisotopic (exact) mass is 474 g/mol. The number of aromatic nitrogens is 1. The van der Waals surface area contributed by atoms with Gasteiger partial charge in [-0.3, -0.25) is 5.43 Å². The fourth-order valence-corrected chi connectivity index (χ4v) is 5.19. The molecule has 0 fully saturated rings. The Morgan fingerprint density at radius 2 is 1.75 bits per heavy atom. The highest BCUT2D eigenvalue weighted by atomic mass is 32.2. The van der Waals surface area contributed by atoms with Gasteiger partial charge < -0.3 is 9.47 Å². The molecule has 1 heterocycles. The SMILES string of the molecule is CCN(CC)S(=O)(=O)c1ccc(-c2csc(N/N=C/c3ccc(OC)c(OC)c3)n2)cc1. The van der Waals surface area contributed by atoms with Crippen molar-refractivity contribution in [2.75, 3.05) is 32.7 Å². The number of rotatable bonds is 10. The minimum absolute atomic E-state index is 0.276. The van der Waals surface area contributed by atoms with Crippen LogP contribution in [0.3, 0.4) is 0 Å². The third-order valence-corrected chi connectivity index (χ3v) is 7.59. The predicted molar refractivity (Wildman–Crippen MR) is 128 cm³/mol. The number of hydrazone groups is 1. The lowest BCUT2D eigenvalue weighted by molar-refractivity contribution is 0.355. The molecule has 0 aliphatic heterocycles. The van der Waals surface area contributed by atoms with Gasteiger partial charge in [-0.15, -0.1) is 11.3 Å². The number of methoxy groups -OCH3 is 2. The lowest BCUT2D eigenvalue weighted by Crippen LogP contribution is -2.30. The molecule has 0 aliphatic rings. The highest BCUT2D eigenvalue weighted by Crippen LogP contribution is 2.28. The van der Waals surface area contributed by atoms with Crippen molar-refractivity contribution < 1.29 is 17.9 Å². The maximum atomic E-state index is 12.6. The van der Waals surface area contributed by atoms with Crippen molar-refractivity contribution in [1.82, 2.24) is 9.29 Å². The van der Waals surface area contributed by atoms with E-state index in [2.05, 4.69) is 15.5 Å². The van der Waals surface area contributed by atoms with Crippen molar-refractivity contribution >= 4 is 32.7 Å². The number of benzene rings is 2. The summed E-state index contributed by atoms with van der Waals surface area (Å²) in [6.45, 7) is 4.52. The average Bonchev–Trinajstić information content (AvgIpc) is 3.28. The third kappa shape index (κ3) is 5.26. The fraction of sp³-hybridized carbons (Fsp3) is 0.273. The molecule has 170 valence electrons. The zero-order chi connectivity index (χ0) is 23.1. The minimum Gasteiger partial charge on any atom is -0.493 e. The number of anilines is 1. The maximum Gasteiger partial charge on any atom is 0.243 e. The molecular formula is C22H26N4O4S2. The molecule has 2 aromatic carbocycles. The minimum atomic E-state index is -3.48. The van der Waals surface area contributed by atoms with Crippen LogP contribution >= 0.6 is 11.3 Å². The van der Waals surface area contributed by atoms with Gasteiger partial charge in [0.25, 0.3) is 0 Å². The van der Waals surface area contributed by atoms with Gasteiger partial charge in [0.15, 0.2) is 11.5 Å². The van der Waals surface area contributed by atoms with Crippen LogP contribution in [0, 0.1) is 0 Å². The lowest BCUT2D eigenvalue weighted by atomic mass is 10.2. The van der Waals surface area contributed by atoms with Gasteiger partial charge in [-0.2, -0.15) is 9.41 Å². The largest absolute Gasteiger partial charge is 0.493 e. The average molecular weight is 475 g/mol. The molecule has 0 bridgehead atoms. The molecule has 0 spiro atoms. The first-order chi connectivity index (χ1) is 15.4. The summed E-state index contributed by atoms with van der Waals surface area (Å²) in [5, 5.41) is 6.74. The zero-order valence-electron chi connectivity index (χ0n) is 18.4. The Labute approximate surface area is 192 Å². The van der Waals surface area contributed by atoms with Crippen LogP contribution in [-0.4, -0.2) is 51.2 Å². The first kappa shape index (κ1) is 23.7. The molecule has 0 saturated carbocycles. The summed E-state index contributed by atoms with van der Waals surface area (Å²) in [7, 11) is -0.305. The Morgan fingerprint density at radius 1 is 1.06 bits per heavy atom. The molecule has 32 heavy (non-hydrogen) atoms. The Kier molecular flexibility index (Phi) is 7.84. The van der Waals surface area contributed by atoms with E-state index in [0.717, 1.165) is 16.8 Å². The molecule has 0 unspecified atom stereocenters. The molecule has 0 radical (unpaired) electrons. The molecule has 1 aromatic heterocycles. The van der Waals surface area contributed by atoms with E-state index in [1.165, 1.54) is 15.6 Å². The second kappa shape index (κ2) is 10.6. The molecule has 0 amide bonds. The van der Waals surface area contributed by atoms with E-state index in [4.69, 9.17) is 9.47 Å². The van der Waals surface area contributed by atoms with Gasteiger partial charge in [0.05, 0.1) is 31.0 Å². The summed E-state index contributed by atoms with van der Waals surface area (Å²) < 4.78 is 37.2. The number of ether oxygens (including phenoxy) is 2. The van der Waals surface area contributed by atoms with Crippen molar-refractivity contribution in [3.05, 3.63) is 53.4 Å². The van der Waals surface area contributed by atoms with Gasteiger partial charge in [-0.25, -0.2) is 13.4 Å². The lowest BCUT2D eigenvalue weighted by Gasteiger charge is -2.18. The predicted octanol–water partition coefficient (Wildman–Crippen LogP) is 4.30. The van der Waals surface area contributed by atoms with Crippen molar-refractivity contribution in [2.45, 2.75) is 18.7 Å². The van der Waals surface area contributed by atoms with Crippen LogP contribution in [-0.2, 0) is 10.0 Å². The number of nitrogens with one attached hydrogen (secondary N) is 1. The summed E-state index contributed by atoms with van der Waals surface area (Å²) in [6.07, 6.45) is 1.66. The molecule has 1 N–H and O–H groups in total. The summed E-state index contributed by atoms with van der Waals surface area (Å²) in [5.41, 5.74) is 5.33. The van der Waals surface area contributed by atoms with Gasteiger partial charge >= 0.3 is 0 Å². The van der Waals surface area contributed by atoms with E-state index >= 15 is 0 Å². The van der Waals surface area contributed by atoms with Crippen LogP contribution in [0.25, 0.3) is 11.3 Å². The number of nitrogens with zero attached hydrogens (tertiary/aromatic N) is 3. The van der Waals surface area contributed by atoms with E-state index in [1.54, 1.807) is 44.7 Å². The molecule has 3 aromatic rings. The second-order valence-corrected chi connectivity index (χ2v) is 9.43. The molecule has 8 nitrogen and oxygen atoms in total. The standard InChI is InChI=1S/C22H26N4O4S2/c1-5-26(6-2)32(27,28)18-10-8-17(9-11-18)19-15-31-22(24-19)25-23-14-16-7-12-20(29-3)21(13-16)30-4/h7-15H,5-6H2,1-4H3,(H,24,25)/b23-14+. The van der Waals surface area contributed by atoms with Crippen LogP contribution in [0.5, 0.6) is 11.5 Å². The van der Waals surface area contributed by atoms with Crippen LogP contribution < -0.4 is 14.9 Å². The van der Waals surface area contributed by atoms with Crippen molar-refractivity contribution in [1.29, 1.82) is 0 Å². The maximum absolute atomic E-state index is 12.6. The van der Waals surface area contributed by atoms with Crippen LogP contribution in [0.15, 0.2) is 57.8 Å². The van der Waals surface area contributed by atoms with Crippen LogP contribution in [0.2, 0.25) is 0 Å². The Morgan fingerprint density at radius 3 is 2.38 bits per heavy atom. The summed E-state index contributed by atoms with van der Waals surface area (Å²) in [4.78, 5) is 4.80. The third-order valence-electron chi connectivity index (χ3n) is 4.78. The first-order valence-corrected chi connectivity index (χ1v) is 12.3. The van der Waals surface area contributed by atoms with Crippen LogP contribution in [0.1, 0.15) is 19.4 Å². The molecule has 0 atom stereocenters. The van der Waals surface area contributed by atoms with E-state index in [9.17, 15) is 8.42 Å². The molecule has 3 rings (SSSR count). The summed E-state index contributed by atoms with van der Waals surface area (Å²) >= 11 is 1.41. The second-order valence-electron chi connectivity index (χ2n) is 6.64. The molecule has 10 heteroatoms. The Hall–Kier alpha value is -2.95. The van der Waals surface area contributed by atoms with E-state index < -0.39 is 10.0 Å². The topological polar surface area (TPSA) is 93.1 Å². The molecule has 0 aliphatic carbocycles. The number of hydrogen-bond donors (Lipinski definition) is 1. The van der Waals surface area contributed by atoms with Crippen molar-refractivity contribution in [3.8, 4) is 22.8 Å². The number of sulfonamides is 1. The molecule has 0 saturated heterocycles. The van der Waals surface area contributed by atoms with Crippen molar-refractivity contribution in [3.63, 3.8) is 0 Å². The van der Waals surface area contributed by atoms with E-state index in [0.29, 0.717) is 29.7 Å². The normalized spacial score (nSPS) is 11.8. The van der Waals surface area contributed by atoms with Gasteiger partial charge in [-0.1, -0.05) is 26.0 Å². The molecular weight excluding hydrogens is 448 g/mol. The van der Waals surface area contributed by atoms with E-state index in [-0.39, 0.29) is 4.90 Å². The van der Waals surface area contributed by atoms with Gasteiger partial charge in [0, 0.05) is 24.0 Å². The quantitative estimate of drug-likeness (QED) is 0.348. The van der Waals surface area contributed by atoms with Crippen molar-refractivity contribution in [2.24, 2.45) is 5.10 Å². The van der Waals surface area contributed by atoms with Gasteiger partial charge in [0.1, 0.15) is 0 Å². The Bertz CT molecular complexity index is 1170. The van der Waals surface area contributed by atoms with Gasteiger partial charge in [-0.05, 0) is 35.9 Å². The highest BCUT2D eigenvalue weighted by molar-refractivity contribution is 7.89. The van der Waals surface area contributed by atoms with E-state index in [1.807, 2.05) is 37.4 Å². The summed E-state index contributed by atoms with van der Waals surface area (Å²) in [6, 6.07) is 12.3. The number of thiazole rings is 1. The highest BCUT2D eigenvalue weighted by Gasteiger charge is 2.21. The van der Waals surface area contributed by atoms with Crippen LogP contribution in [0.4, 0.5) is 5.13 Å². The zero-order valence-corrected chi connectivity index (χ0v) is 20.0.